The minimum atomic E-state index is -0.497. The number of benzene rings is 2. The third kappa shape index (κ3) is 3.69. The summed E-state index contributed by atoms with van der Waals surface area (Å²) in [4.78, 5) is 25.3. The molecule has 3 rings (SSSR count). The summed E-state index contributed by atoms with van der Waals surface area (Å²) in [5.41, 5.74) is 1.06. The number of hydrogen-bond donors (Lipinski definition) is 1. The highest BCUT2D eigenvalue weighted by atomic mass is 19.1. The molecule has 1 N–H and O–H groups in total. The molecule has 0 aliphatic rings. The number of ether oxygens (including phenoxy) is 1. The molecule has 1 aromatic heterocycles. The number of carbonyl (C=O) groups is 1. The molecule has 0 saturated carbocycles. The van der Waals surface area contributed by atoms with Gasteiger partial charge in [0.1, 0.15) is 5.56 Å². The molecular formula is C21H21FN2O3. The fourth-order valence-corrected chi connectivity index (χ4v) is 3.02. The van der Waals surface area contributed by atoms with Gasteiger partial charge < -0.3 is 14.6 Å². The smallest absolute Gasteiger partial charge is 0.257 e. The second kappa shape index (κ2) is 7.61. The molecule has 1 amide bonds. The topological polar surface area (TPSA) is 60.3 Å². The Hall–Kier alpha value is -3.15. The summed E-state index contributed by atoms with van der Waals surface area (Å²) in [6.07, 6.45) is 1.52. The lowest BCUT2D eigenvalue weighted by atomic mass is 10.1. The van der Waals surface area contributed by atoms with E-state index in [1.165, 1.54) is 18.3 Å². The third-order valence-corrected chi connectivity index (χ3v) is 4.44. The summed E-state index contributed by atoms with van der Waals surface area (Å²) in [5, 5.41) is 3.24. The number of aryl methyl sites for hydroxylation is 1. The van der Waals surface area contributed by atoms with Gasteiger partial charge in [-0.1, -0.05) is 18.2 Å². The van der Waals surface area contributed by atoms with E-state index in [9.17, 15) is 14.0 Å². The highest BCUT2D eigenvalue weighted by Crippen LogP contribution is 2.22. The standard InChI is InChI=1S/C21H21FN2O3/c1-4-27-19-10-9-14(11-17(19)22)13(2)23-21(26)16-12-24(3)18-8-6-5-7-15(18)20(16)25/h5-13H,4H2,1-3H3,(H,23,26)/t13-/m1/s1. The van der Waals surface area contributed by atoms with E-state index in [1.807, 2.05) is 12.1 Å². The monoisotopic (exact) mass is 368 g/mol. The number of rotatable bonds is 5. The van der Waals surface area contributed by atoms with Crippen molar-refractivity contribution in [1.82, 2.24) is 9.88 Å². The van der Waals surface area contributed by atoms with Gasteiger partial charge in [-0.05, 0) is 43.7 Å². The van der Waals surface area contributed by atoms with Crippen molar-refractivity contribution >= 4 is 16.8 Å². The molecule has 0 radical (unpaired) electrons. The van der Waals surface area contributed by atoms with Gasteiger partial charge in [0.25, 0.3) is 5.91 Å². The van der Waals surface area contributed by atoms with E-state index in [1.54, 1.807) is 43.7 Å². The predicted molar refractivity (Wildman–Crippen MR) is 103 cm³/mol. The van der Waals surface area contributed by atoms with Crippen LogP contribution in [-0.2, 0) is 7.05 Å². The molecule has 0 unspecified atom stereocenters. The Kier molecular flexibility index (Phi) is 5.26. The lowest BCUT2D eigenvalue weighted by Gasteiger charge is -2.16. The van der Waals surface area contributed by atoms with Crippen LogP contribution in [0.15, 0.2) is 53.5 Å². The molecule has 0 saturated heterocycles. The van der Waals surface area contributed by atoms with Crippen LogP contribution < -0.4 is 15.5 Å². The van der Waals surface area contributed by atoms with E-state index in [-0.39, 0.29) is 16.7 Å². The number of nitrogens with one attached hydrogen (secondary N) is 1. The van der Waals surface area contributed by atoms with E-state index in [0.717, 1.165) is 5.52 Å². The van der Waals surface area contributed by atoms with Crippen LogP contribution >= 0.6 is 0 Å². The van der Waals surface area contributed by atoms with Gasteiger partial charge in [0, 0.05) is 18.6 Å². The molecule has 5 nitrogen and oxygen atoms in total. The number of fused-ring (bicyclic) bond motifs is 1. The van der Waals surface area contributed by atoms with Crippen molar-refractivity contribution in [3.63, 3.8) is 0 Å². The highest BCUT2D eigenvalue weighted by molar-refractivity contribution is 5.97. The van der Waals surface area contributed by atoms with Gasteiger partial charge in [-0.15, -0.1) is 0 Å². The molecule has 1 atom stereocenters. The van der Waals surface area contributed by atoms with Crippen LogP contribution in [0.1, 0.15) is 35.8 Å². The second-order valence-electron chi connectivity index (χ2n) is 6.32. The first-order valence-corrected chi connectivity index (χ1v) is 8.73. The Bertz CT molecular complexity index is 1060. The second-order valence-corrected chi connectivity index (χ2v) is 6.32. The zero-order chi connectivity index (χ0) is 19.6. The number of amides is 1. The minimum absolute atomic E-state index is 0.0504. The number of halogens is 1. The summed E-state index contributed by atoms with van der Waals surface area (Å²) >= 11 is 0. The first-order chi connectivity index (χ1) is 12.9. The largest absolute Gasteiger partial charge is 0.491 e. The van der Waals surface area contributed by atoms with Crippen LogP contribution in [0.3, 0.4) is 0 Å². The summed E-state index contributed by atoms with van der Waals surface area (Å²) in [6.45, 7) is 3.88. The van der Waals surface area contributed by atoms with E-state index in [0.29, 0.717) is 17.6 Å². The Morgan fingerprint density at radius 1 is 1.26 bits per heavy atom. The Morgan fingerprint density at radius 3 is 2.70 bits per heavy atom. The van der Waals surface area contributed by atoms with Crippen molar-refractivity contribution in [2.24, 2.45) is 7.05 Å². The van der Waals surface area contributed by atoms with Crippen molar-refractivity contribution in [2.75, 3.05) is 6.61 Å². The maximum Gasteiger partial charge on any atom is 0.257 e. The van der Waals surface area contributed by atoms with Crippen molar-refractivity contribution < 1.29 is 13.9 Å². The molecule has 0 aliphatic carbocycles. The Labute approximate surface area is 156 Å². The van der Waals surface area contributed by atoms with Crippen molar-refractivity contribution in [3.8, 4) is 5.75 Å². The van der Waals surface area contributed by atoms with Crippen LogP contribution in [0.2, 0.25) is 0 Å². The van der Waals surface area contributed by atoms with E-state index in [2.05, 4.69) is 5.32 Å². The first kappa shape index (κ1) is 18.6. The van der Waals surface area contributed by atoms with Crippen molar-refractivity contribution in [1.29, 1.82) is 0 Å². The number of nitrogens with zero attached hydrogens (tertiary/aromatic N) is 1. The Morgan fingerprint density at radius 2 is 2.00 bits per heavy atom. The number of pyridine rings is 1. The maximum absolute atomic E-state index is 14.1. The molecule has 27 heavy (non-hydrogen) atoms. The van der Waals surface area contributed by atoms with Gasteiger partial charge in [-0.2, -0.15) is 0 Å². The van der Waals surface area contributed by atoms with E-state index in [4.69, 9.17) is 4.74 Å². The van der Waals surface area contributed by atoms with Gasteiger partial charge in [0.2, 0.25) is 5.43 Å². The number of hydrogen-bond acceptors (Lipinski definition) is 3. The lowest BCUT2D eigenvalue weighted by Crippen LogP contribution is -2.31. The van der Waals surface area contributed by atoms with Crippen LogP contribution in [0.5, 0.6) is 5.75 Å². The van der Waals surface area contributed by atoms with Gasteiger partial charge in [-0.25, -0.2) is 4.39 Å². The normalized spacial score (nSPS) is 12.0. The SMILES string of the molecule is CCOc1ccc([C@@H](C)NC(=O)c2cn(C)c3ccccc3c2=O)cc1F. The van der Waals surface area contributed by atoms with Gasteiger partial charge >= 0.3 is 0 Å². The van der Waals surface area contributed by atoms with Crippen LogP contribution in [-0.4, -0.2) is 17.1 Å². The third-order valence-electron chi connectivity index (χ3n) is 4.44. The highest BCUT2D eigenvalue weighted by Gasteiger charge is 2.18. The summed E-state index contributed by atoms with van der Waals surface area (Å²) < 4.78 is 21.0. The molecular weight excluding hydrogens is 347 g/mol. The molecule has 0 bridgehead atoms. The molecule has 1 heterocycles. The molecule has 3 aromatic rings. The van der Waals surface area contributed by atoms with Crippen LogP contribution in [0.25, 0.3) is 10.9 Å². The Balaban J connectivity index is 1.87. The van der Waals surface area contributed by atoms with Crippen LogP contribution in [0, 0.1) is 5.82 Å². The van der Waals surface area contributed by atoms with Gasteiger partial charge in [0.05, 0.1) is 18.2 Å². The molecule has 6 heteroatoms. The van der Waals surface area contributed by atoms with E-state index >= 15 is 0 Å². The number of para-hydroxylation sites is 1. The van der Waals surface area contributed by atoms with Crippen LogP contribution in [0.4, 0.5) is 4.39 Å². The predicted octanol–water partition coefficient (Wildman–Crippen LogP) is 3.57. The van der Waals surface area contributed by atoms with E-state index < -0.39 is 17.8 Å². The summed E-state index contributed by atoms with van der Waals surface area (Å²) in [5.74, 6) is -0.816. The van der Waals surface area contributed by atoms with Gasteiger partial charge in [-0.3, -0.25) is 9.59 Å². The average Bonchev–Trinajstić information content (AvgIpc) is 2.66. The molecule has 2 aromatic carbocycles. The van der Waals surface area contributed by atoms with Crippen molar-refractivity contribution in [2.45, 2.75) is 19.9 Å². The lowest BCUT2D eigenvalue weighted by molar-refractivity contribution is 0.0938. The number of aromatic nitrogens is 1. The molecule has 0 aliphatic heterocycles. The maximum atomic E-state index is 14.1. The molecule has 0 spiro atoms. The molecule has 140 valence electrons. The quantitative estimate of drug-likeness (QED) is 0.749. The summed E-state index contributed by atoms with van der Waals surface area (Å²) in [7, 11) is 1.78. The van der Waals surface area contributed by atoms with Gasteiger partial charge in [0.15, 0.2) is 11.6 Å². The van der Waals surface area contributed by atoms with Crippen molar-refractivity contribution in [3.05, 3.63) is 75.8 Å². The molecule has 0 fully saturated rings. The minimum Gasteiger partial charge on any atom is -0.491 e. The fraction of sp³-hybridized carbons (Fsp3) is 0.238. The zero-order valence-electron chi connectivity index (χ0n) is 15.5. The summed E-state index contributed by atoms with van der Waals surface area (Å²) in [6, 6.07) is 11.2. The zero-order valence-corrected chi connectivity index (χ0v) is 15.5. The average molecular weight is 368 g/mol. The number of carbonyl (C=O) groups excluding carboxylic acids is 1. The first-order valence-electron chi connectivity index (χ1n) is 8.73. The fourth-order valence-electron chi connectivity index (χ4n) is 3.02.